The predicted octanol–water partition coefficient (Wildman–Crippen LogP) is 1.13. The van der Waals surface area contributed by atoms with Crippen molar-refractivity contribution in [2.45, 2.75) is 42.7 Å². The van der Waals surface area contributed by atoms with Crippen LogP contribution in [0.1, 0.15) is 25.7 Å². The van der Waals surface area contributed by atoms with Gasteiger partial charge in [0.2, 0.25) is 15.9 Å². The number of halogens is 1. The molecule has 0 saturated carbocycles. The molecule has 1 atom stereocenters. The van der Waals surface area contributed by atoms with Gasteiger partial charge in [-0.2, -0.15) is 0 Å². The summed E-state index contributed by atoms with van der Waals surface area (Å²) in [5.41, 5.74) is 0. The number of hydrogen-bond donors (Lipinski definition) is 2. The molecule has 0 aliphatic carbocycles. The third-order valence-electron chi connectivity index (χ3n) is 4.54. The van der Waals surface area contributed by atoms with E-state index in [4.69, 9.17) is 0 Å². The number of piperidine rings is 1. The molecule has 1 aromatic rings. The van der Waals surface area contributed by atoms with Gasteiger partial charge in [0.1, 0.15) is 0 Å². The summed E-state index contributed by atoms with van der Waals surface area (Å²) in [6, 6.07) is 8.24. The number of carbonyl (C=O) groups excluding carboxylic acids is 1. The van der Waals surface area contributed by atoms with E-state index in [9.17, 15) is 13.2 Å². The van der Waals surface area contributed by atoms with Gasteiger partial charge in [-0.3, -0.25) is 4.79 Å². The number of hydrogen-bond acceptors (Lipinski definition) is 4. The molecule has 2 N–H and O–H groups in total. The first-order valence-corrected chi connectivity index (χ1v) is 9.64. The van der Waals surface area contributed by atoms with Gasteiger partial charge >= 0.3 is 0 Å². The summed E-state index contributed by atoms with van der Waals surface area (Å²) in [7, 11) is -3.48. The smallest absolute Gasteiger partial charge is 0.240 e. The van der Waals surface area contributed by atoms with E-state index < -0.39 is 10.0 Å². The van der Waals surface area contributed by atoms with E-state index in [-0.39, 0.29) is 35.3 Å². The van der Waals surface area contributed by atoms with Gasteiger partial charge in [-0.05, 0) is 44.4 Å². The maximum Gasteiger partial charge on any atom is 0.240 e. The number of amides is 1. The van der Waals surface area contributed by atoms with Gasteiger partial charge in [-0.1, -0.05) is 18.2 Å². The van der Waals surface area contributed by atoms with Crippen molar-refractivity contribution < 1.29 is 13.2 Å². The lowest BCUT2D eigenvalue weighted by atomic mass is 10.0. The summed E-state index contributed by atoms with van der Waals surface area (Å²) in [6.07, 6.45) is 3.26. The van der Waals surface area contributed by atoms with Crippen LogP contribution < -0.4 is 10.0 Å². The fraction of sp³-hybridized carbons (Fsp3) is 0.562. The van der Waals surface area contributed by atoms with Gasteiger partial charge in [0.25, 0.3) is 0 Å². The van der Waals surface area contributed by atoms with Crippen LogP contribution in [0.15, 0.2) is 35.2 Å². The van der Waals surface area contributed by atoms with Crippen LogP contribution in [-0.2, 0) is 14.8 Å². The van der Waals surface area contributed by atoms with Crippen molar-refractivity contribution in [1.29, 1.82) is 0 Å². The van der Waals surface area contributed by atoms with E-state index >= 15 is 0 Å². The molecule has 2 saturated heterocycles. The number of nitrogens with zero attached hydrogens (tertiary/aromatic N) is 1. The molecule has 8 heteroatoms. The topological polar surface area (TPSA) is 78.5 Å². The SMILES string of the molecule is Cl.O=C(C1CCCN1)N1CCC(NS(=O)(=O)c2ccccc2)CC1. The Labute approximate surface area is 149 Å². The van der Waals surface area contributed by atoms with Gasteiger partial charge in [0.05, 0.1) is 10.9 Å². The number of likely N-dealkylation sites (tertiary alicyclic amines) is 1. The van der Waals surface area contributed by atoms with Gasteiger partial charge in [-0.25, -0.2) is 13.1 Å². The lowest BCUT2D eigenvalue weighted by molar-refractivity contribution is -0.134. The fourth-order valence-electron chi connectivity index (χ4n) is 3.22. The molecule has 24 heavy (non-hydrogen) atoms. The van der Waals surface area contributed by atoms with E-state index in [1.165, 1.54) is 0 Å². The standard InChI is InChI=1S/C16H23N3O3S.ClH/c20-16(15-7-4-10-17-15)19-11-8-13(9-12-19)18-23(21,22)14-5-2-1-3-6-14;/h1-3,5-6,13,15,17-18H,4,7-12H2;1H. The van der Waals surface area contributed by atoms with Gasteiger partial charge < -0.3 is 10.2 Å². The van der Waals surface area contributed by atoms with Gasteiger partial charge in [-0.15, -0.1) is 12.4 Å². The molecule has 0 aromatic heterocycles. The molecule has 134 valence electrons. The summed E-state index contributed by atoms with van der Waals surface area (Å²) >= 11 is 0. The van der Waals surface area contributed by atoms with Crippen LogP contribution in [0.4, 0.5) is 0 Å². The van der Waals surface area contributed by atoms with Crippen molar-refractivity contribution in [2.24, 2.45) is 0 Å². The Balaban J connectivity index is 0.00000208. The molecule has 2 aliphatic heterocycles. The van der Waals surface area contributed by atoms with Crippen molar-refractivity contribution in [3.8, 4) is 0 Å². The second kappa shape index (κ2) is 8.29. The maximum absolute atomic E-state index is 12.3. The van der Waals surface area contributed by atoms with Crippen LogP contribution in [-0.4, -0.2) is 50.9 Å². The zero-order valence-electron chi connectivity index (χ0n) is 13.5. The average Bonchev–Trinajstić information content (AvgIpc) is 3.10. The number of carbonyl (C=O) groups is 1. The van der Waals surface area contributed by atoms with Crippen molar-refractivity contribution in [1.82, 2.24) is 14.9 Å². The second-order valence-electron chi connectivity index (χ2n) is 6.18. The van der Waals surface area contributed by atoms with E-state index in [1.807, 2.05) is 4.90 Å². The number of benzene rings is 1. The normalized spacial score (nSPS) is 22.2. The first kappa shape index (κ1) is 19.2. The summed E-state index contributed by atoms with van der Waals surface area (Å²) in [5, 5.41) is 3.22. The highest BCUT2D eigenvalue weighted by molar-refractivity contribution is 7.89. The molecular formula is C16H24ClN3O3S. The Kier molecular flexibility index (Phi) is 6.62. The largest absolute Gasteiger partial charge is 0.341 e. The number of rotatable bonds is 4. The third kappa shape index (κ3) is 4.47. The van der Waals surface area contributed by atoms with Crippen LogP contribution in [0.25, 0.3) is 0 Å². The lowest BCUT2D eigenvalue weighted by Crippen LogP contribution is -2.50. The summed E-state index contributed by atoms with van der Waals surface area (Å²) < 4.78 is 27.4. The molecule has 2 aliphatic rings. The zero-order valence-corrected chi connectivity index (χ0v) is 15.1. The van der Waals surface area contributed by atoms with Crippen LogP contribution >= 0.6 is 12.4 Å². The van der Waals surface area contributed by atoms with E-state index in [2.05, 4.69) is 10.0 Å². The minimum absolute atomic E-state index is 0. The highest BCUT2D eigenvalue weighted by Gasteiger charge is 2.31. The Morgan fingerprint density at radius 2 is 1.79 bits per heavy atom. The summed E-state index contributed by atoms with van der Waals surface area (Å²) in [5.74, 6) is 0.159. The molecule has 1 unspecified atom stereocenters. The van der Waals surface area contributed by atoms with Crippen LogP contribution in [0.5, 0.6) is 0 Å². The Bertz CT molecular complexity index is 640. The monoisotopic (exact) mass is 373 g/mol. The quantitative estimate of drug-likeness (QED) is 0.829. The van der Waals surface area contributed by atoms with Crippen molar-refractivity contribution in [3.05, 3.63) is 30.3 Å². The molecule has 6 nitrogen and oxygen atoms in total. The average molecular weight is 374 g/mol. The molecule has 2 heterocycles. The number of sulfonamides is 1. The molecule has 1 aromatic carbocycles. The van der Waals surface area contributed by atoms with Crippen LogP contribution in [0.2, 0.25) is 0 Å². The second-order valence-corrected chi connectivity index (χ2v) is 7.90. The van der Waals surface area contributed by atoms with Gasteiger partial charge in [0, 0.05) is 19.1 Å². The highest BCUT2D eigenvalue weighted by atomic mass is 35.5. The number of nitrogens with one attached hydrogen (secondary N) is 2. The van der Waals surface area contributed by atoms with E-state index in [0.717, 1.165) is 19.4 Å². The van der Waals surface area contributed by atoms with Crippen molar-refractivity contribution >= 4 is 28.3 Å². The minimum Gasteiger partial charge on any atom is -0.341 e. The highest BCUT2D eigenvalue weighted by Crippen LogP contribution is 2.17. The molecular weight excluding hydrogens is 350 g/mol. The molecule has 0 bridgehead atoms. The minimum atomic E-state index is -3.48. The van der Waals surface area contributed by atoms with Crippen LogP contribution in [0.3, 0.4) is 0 Å². The molecule has 1 amide bonds. The lowest BCUT2D eigenvalue weighted by Gasteiger charge is -2.33. The molecule has 2 fully saturated rings. The van der Waals surface area contributed by atoms with Gasteiger partial charge in [0.15, 0.2) is 0 Å². The Morgan fingerprint density at radius 3 is 2.38 bits per heavy atom. The summed E-state index contributed by atoms with van der Waals surface area (Å²) in [4.78, 5) is 14.5. The Hall–Kier alpha value is -1.15. The zero-order chi connectivity index (χ0) is 16.3. The molecule has 0 radical (unpaired) electrons. The summed E-state index contributed by atoms with van der Waals surface area (Å²) in [6.45, 7) is 2.13. The van der Waals surface area contributed by atoms with Crippen LogP contribution in [0, 0.1) is 0 Å². The molecule has 0 spiro atoms. The predicted molar refractivity (Wildman–Crippen MR) is 94.6 cm³/mol. The van der Waals surface area contributed by atoms with E-state index in [0.29, 0.717) is 25.9 Å². The van der Waals surface area contributed by atoms with E-state index in [1.54, 1.807) is 30.3 Å². The van der Waals surface area contributed by atoms with Crippen molar-refractivity contribution in [3.63, 3.8) is 0 Å². The molecule has 3 rings (SSSR count). The van der Waals surface area contributed by atoms with Crippen molar-refractivity contribution in [2.75, 3.05) is 19.6 Å². The first-order valence-electron chi connectivity index (χ1n) is 8.16. The third-order valence-corrected chi connectivity index (χ3v) is 6.08. The Morgan fingerprint density at radius 1 is 1.12 bits per heavy atom. The maximum atomic E-state index is 12.3. The fourth-order valence-corrected chi connectivity index (χ4v) is 4.55. The first-order chi connectivity index (χ1) is 11.1.